The normalized spacial score (nSPS) is 12.5. The minimum absolute atomic E-state index is 0.0713. The van der Waals surface area contributed by atoms with E-state index in [0.717, 1.165) is 4.90 Å². The number of alkyl carbamates (subject to hydrolysis) is 1. The average Bonchev–Trinajstić information content (AvgIpc) is 2.74. The molecule has 12 nitrogen and oxygen atoms in total. The van der Waals surface area contributed by atoms with Gasteiger partial charge in [0.2, 0.25) is 11.8 Å². The Labute approximate surface area is 204 Å². The lowest BCUT2D eigenvalue weighted by atomic mass is 10.2. The number of benzene rings is 1. The predicted molar refractivity (Wildman–Crippen MR) is 127 cm³/mol. The second-order valence-corrected chi connectivity index (χ2v) is 8.75. The van der Waals surface area contributed by atoms with Crippen molar-refractivity contribution in [3.63, 3.8) is 0 Å². The summed E-state index contributed by atoms with van der Waals surface area (Å²) in [6, 6.07) is 4.65. The Kier molecular flexibility index (Phi) is 11.0. The third kappa shape index (κ3) is 11.2. The Bertz CT molecular complexity index is 911. The van der Waals surface area contributed by atoms with Crippen LogP contribution in [0, 0.1) is 0 Å². The summed E-state index contributed by atoms with van der Waals surface area (Å²) < 4.78 is 10.2. The van der Waals surface area contributed by atoms with Gasteiger partial charge >= 0.3 is 18.2 Å². The zero-order chi connectivity index (χ0) is 26.8. The molecule has 0 bridgehead atoms. The van der Waals surface area contributed by atoms with Crippen LogP contribution in [0.3, 0.4) is 0 Å². The second-order valence-electron chi connectivity index (χ2n) is 8.75. The number of carbonyl (C=O) groups is 5. The van der Waals surface area contributed by atoms with Crippen molar-refractivity contribution in [3.8, 4) is 0 Å². The first-order chi connectivity index (χ1) is 16.2. The molecule has 2 atom stereocenters. The number of aliphatic carboxylic acids is 1. The molecule has 0 spiro atoms. The van der Waals surface area contributed by atoms with E-state index in [2.05, 4.69) is 16.0 Å². The summed E-state index contributed by atoms with van der Waals surface area (Å²) in [5.74, 6) is -2.17. The Morgan fingerprint density at radius 3 is 2.06 bits per heavy atom. The first kappa shape index (κ1) is 29.2. The molecular weight excluding hydrogens is 460 g/mol. The molecule has 0 unspecified atom stereocenters. The number of hydrogen-bond acceptors (Lipinski definition) is 7. The summed E-state index contributed by atoms with van der Waals surface area (Å²) >= 11 is 0. The highest BCUT2D eigenvalue weighted by atomic mass is 16.6. The fourth-order valence-corrected chi connectivity index (χ4v) is 2.59. The molecule has 194 valence electrons. The zero-order valence-corrected chi connectivity index (χ0v) is 20.8. The number of carboxylic acids is 1. The highest BCUT2D eigenvalue weighted by Gasteiger charge is 2.24. The molecule has 0 aliphatic rings. The number of carbonyl (C=O) groups excluding carboxylic acids is 4. The highest BCUT2D eigenvalue weighted by Crippen LogP contribution is 2.12. The molecule has 0 saturated carbocycles. The fourth-order valence-electron chi connectivity index (χ4n) is 2.59. The van der Waals surface area contributed by atoms with Crippen molar-refractivity contribution in [2.45, 2.75) is 65.8 Å². The van der Waals surface area contributed by atoms with Crippen molar-refractivity contribution in [1.82, 2.24) is 15.5 Å². The monoisotopic (exact) mass is 494 g/mol. The van der Waals surface area contributed by atoms with Crippen LogP contribution in [0.2, 0.25) is 0 Å². The topological polar surface area (TPSA) is 163 Å². The Morgan fingerprint density at radius 2 is 1.54 bits per heavy atom. The van der Waals surface area contributed by atoms with Gasteiger partial charge in [0.1, 0.15) is 30.8 Å². The maximum Gasteiger partial charge on any atom is 0.410 e. The van der Waals surface area contributed by atoms with Gasteiger partial charge in [0, 0.05) is 12.2 Å². The zero-order valence-electron chi connectivity index (χ0n) is 20.8. The van der Waals surface area contributed by atoms with E-state index in [-0.39, 0.29) is 13.2 Å². The van der Waals surface area contributed by atoms with Crippen molar-refractivity contribution in [2.24, 2.45) is 0 Å². The molecule has 4 N–H and O–H groups in total. The van der Waals surface area contributed by atoms with E-state index in [0.29, 0.717) is 11.3 Å². The third-order valence-electron chi connectivity index (χ3n) is 4.43. The van der Waals surface area contributed by atoms with E-state index < -0.39 is 54.2 Å². The molecule has 12 heteroatoms. The number of hydrogen-bond donors (Lipinski definition) is 4. The molecular formula is C23H34N4O8. The van der Waals surface area contributed by atoms with E-state index in [1.807, 2.05) is 0 Å². The van der Waals surface area contributed by atoms with Crippen LogP contribution in [-0.2, 0) is 30.5 Å². The van der Waals surface area contributed by atoms with Crippen molar-refractivity contribution < 1.29 is 38.6 Å². The van der Waals surface area contributed by atoms with Crippen molar-refractivity contribution in [1.29, 1.82) is 0 Å². The number of carboxylic acid groups (broad SMARTS) is 1. The van der Waals surface area contributed by atoms with Gasteiger partial charge in [-0.15, -0.1) is 0 Å². The van der Waals surface area contributed by atoms with E-state index in [1.165, 1.54) is 13.8 Å². The molecule has 1 aromatic rings. The lowest BCUT2D eigenvalue weighted by molar-refractivity contribution is -0.138. The second kappa shape index (κ2) is 13.2. The van der Waals surface area contributed by atoms with Crippen LogP contribution in [-0.4, -0.2) is 70.8 Å². The molecule has 4 amide bonds. The van der Waals surface area contributed by atoms with E-state index in [4.69, 9.17) is 14.6 Å². The Hall–Kier alpha value is -3.83. The number of rotatable bonds is 10. The molecule has 0 saturated heterocycles. The molecule has 0 aromatic heterocycles. The van der Waals surface area contributed by atoms with Gasteiger partial charge in [-0.05, 0) is 59.2 Å². The van der Waals surface area contributed by atoms with Crippen molar-refractivity contribution in [2.75, 3.05) is 18.4 Å². The van der Waals surface area contributed by atoms with Gasteiger partial charge in [-0.2, -0.15) is 0 Å². The average molecular weight is 495 g/mol. The number of anilines is 1. The van der Waals surface area contributed by atoms with Crippen LogP contribution < -0.4 is 16.0 Å². The summed E-state index contributed by atoms with van der Waals surface area (Å²) in [7, 11) is 0. The van der Waals surface area contributed by atoms with Gasteiger partial charge in [-0.1, -0.05) is 12.1 Å². The fraction of sp³-hybridized carbons (Fsp3) is 0.522. The van der Waals surface area contributed by atoms with Crippen LogP contribution >= 0.6 is 0 Å². The van der Waals surface area contributed by atoms with Crippen LogP contribution in [0.1, 0.15) is 47.1 Å². The number of nitrogens with one attached hydrogen (secondary N) is 3. The summed E-state index contributed by atoms with van der Waals surface area (Å²) in [6.45, 7) is 9.38. The smallest absolute Gasteiger partial charge is 0.410 e. The van der Waals surface area contributed by atoms with Gasteiger partial charge in [0.05, 0.1) is 0 Å². The first-order valence-electron chi connectivity index (χ1n) is 11.0. The van der Waals surface area contributed by atoms with E-state index >= 15 is 0 Å². The summed E-state index contributed by atoms with van der Waals surface area (Å²) in [5.41, 5.74) is 0.374. The Morgan fingerprint density at radius 1 is 0.971 bits per heavy atom. The molecule has 0 fully saturated rings. The number of ether oxygens (including phenoxy) is 2. The maximum atomic E-state index is 12.4. The summed E-state index contributed by atoms with van der Waals surface area (Å²) in [5, 5.41) is 16.4. The van der Waals surface area contributed by atoms with Crippen molar-refractivity contribution in [3.05, 3.63) is 29.8 Å². The molecule has 0 heterocycles. The van der Waals surface area contributed by atoms with Crippen LogP contribution in [0.25, 0.3) is 0 Å². The number of amides is 4. The molecule has 0 aliphatic carbocycles. The van der Waals surface area contributed by atoms with Crippen LogP contribution in [0.15, 0.2) is 24.3 Å². The molecule has 1 rings (SSSR count). The van der Waals surface area contributed by atoms with Gasteiger partial charge in [-0.3, -0.25) is 19.3 Å². The lowest BCUT2D eigenvalue weighted by Crippen LogP contribution is -2.51. The van der Waals surface area contributed by atoms with Gasteiger partial charge in [0.25, 0.3) is 0 Å². The quantitative estimate of drug-likeness (QED) is 0.384. The van der Waals surface area contributed by atoms with E-state index in [9.17, 15) is 24.0 Å². The highest BCUT2D eigenvalue weighted by molar-refractivity contribution is 5.97. The predicted octanol–water partition coefficient (Wildman–Crippen LogP) is 2.09. The van der Waals surface area contributed by atoms with E-state index in [1.54, 1.807) is 52.0 Å². The van der Waals surface area contributed by atoms with Crippen molar-refractivity contribution >= 4 is 35.7 Å². The molecule has 35 heavy (non-hydrogen) atoms. The first-order valence-corrected chi connectivity index (χ1v) is 11.0. The van der Waals surface area contributed by atoms with Gasteiger partial charge < -0.3 is 30.5 Å². The maximum absolute atomic E-state index is 12.4. The molecule has 1 aromatic carbocycles. The minimum atomic E-state index is -1.14. The SMILES string of the molecule is CCN(CC(=O)O)C(=O)OCc1ccc(NC(=O)[C@H](C)NC(=O)[C@H](C)NC(=O)OC(C)(C)C)cc1. The number of likely N-dealkylation sites (N-methyl/N-ethyl adjacent to an activating group) is 1. The third-order valence-corrected chi connectivity index (χ3v) is 4.43. The van der Waals surface area contributed by atoms with Gasteiger partial charge in [-0.25, -0.2) is 9.59 Å². The number of nitrogens with zero attached hydrogens (tertiary/aromatic N) is 1. The Balaban J connectivity index is 2.54. The summed E-state index contributed by atoms with van der Waals surface area (Å²) in [6.07, 6.45) is -1.49. The largest absolute Gasteiger partial charge is 0.480 e. The van der Waals surface area contributed by atoms with Crippen LogP contribution in [0.5, 0.6) is 0 Å². The lowest BCUT2D eigenvalue weighted by Gasteiger charge is -2.22. The summed E-state index contributed by atoms with van der Waals surface area (Å²) in [4.78, 5) is 60.2. The minimum Gasteiger partial charge on any atom is -0.480 e. The molecule has 0 aliphatic heterocycles. The standard InChI is InChI=1S/C23H34N4O8/c1-7-27(12-18(28)29)22(33)34-13-16-8-10-17(11-9-16)26-20(31)14(2)24-19(30)15(3)25-21(32)35-23(4,5)6/h8-11,14-15H,7,12-13H2,1-6H3,(H,24,30)(H,25,32)(H,26,31)(H,28,29)/t14-,15-/m0/s1. The van der Waals surface area contributed by atoms with Gasteiger partial charge in [0.15, 0.2) is 0 Å². The molecule has 0 radical (unpaired) electrons. The van der Waals surface area contributed by atoms with Crippen LogP contribution in [0.4, 0.5) is 15.3 Å².